The molecule has 2 rings (SSSR count). The van der Waals surface area contributed by atoms with Gasteiger partial charge in [0.15, 0.2) is 0 Å². The van der Waals surface area contributed by atoms with E-state index in [1.807, 2.05) is 25.1 Å². The van der Waals surface area contributed by atoms with E-state index in [0.717, 1.165) is 22.2 Å². The molecule has 2 aromatic rings. The lowest BCUT2D eigenvalue weighted by molar-refractivity contribution is 0.579. The van der Waals surface area contributed by atoms with Gasteiger partial charge in [-0.3, -0.25) is 4.98 Å². The molecule has 114 valence electrons. The molecule has 0 aliphatic heterocycles. The van der Waals surface area contributed by atoms with Gasteiger partial charge in [0.2, 0.25) is 10.0 Å². The quantitative estimate of drug-likeness (QED) is 0.762. The van der Waals surface area contributed by atoms with Crippen LogP contribution in [0.25, 0.3) is 10.9 Å². The first-order valence-electron chi connectivity index (χ1n) is 7.04. The highest BCUT2D eigenvalue weighted by Crippen LogP contribution is 2.14. The third-order valence-electron chi connectivity index (χ3n) is 3.13. The Morgan fingerprint density at radius 1 is 1.19 bits per heavy atom. The van der Waals surface area contributed by atoms with Crippen LogP contribution in [0.15, 0.2) is 30.3 Å². The van der Waals surface area contributed by atoms with Gasteiger partial charge >= 0.3 is 0 Å². The Hall–Kier alpha value is -1.50. The highest BCUT2D eigenvalue weighted by molar-refractivity contribution is 7.89. The van der Waals surface area contributed by atoms with Crippen molar-refractivity contribution in [2.75, 3.05) is 18.8 Å². The number of benzene rings is 1. The number of aromatic nitrogens is 1. The van der Waals surface area contributed by atoms with Crippen molar-refractivity contribution >= 4 is 20.9 Å². The van der Waals surface area contributed by atoms with Crippen LogP contribution in [-0.4, -0.2) is 32.2 Å². The van der Waals surface area contributed by atoms with Gasteiger partial charge in [-0.25, -0.2) is 13.1 Å². The van der Waals surface area contributed by atoms with Gasteiger partial charge in [-0.05, 0) is 30.7 Å². The Morgan fingerprint density at radius 3 is 2.76 bits per heavy atom. The summed E-state index contributed by atoms with van der Waals surface area (Å²) < 4.78 is 25.5. The summed E-state index contributed by atoms with van der Waals surface area (Å²) in [4.78, 5) is 4.46. The smallest absolute Gasteiger partial charge is 0.212 e. The lowest BCUT2D eigenvalue weighted by atomic mass is 10.1. The summed E-state index contributed by atoms with van der Waals surface area (Å²) in [5, 5.41) is 4.25. The number of sulfonamides is 1. The maximum atomic E-state index is 11.5. The van der Waals surface area contributed by atoms with Crippen LogP contribution in [-0.2, 0) is 16.6 Å². The first-order chi connectivity index (χ1) is 10.00. The zero-order chi connectivity index (χ0) is 15.3. The molecule has 0 radical (unpaired) electrons. The SMILES string of the molecule is CCNS(=O)(=O)CCNCc1ccc2nc(C)ccc2c1. The summed E-state index contributed by atoms with van der Waals surface area (Å²) in [6.45, 7) is 5.25. The van der Waals surface area contributed by atoms with Crippen molar-refractivity contribution in [2.45, 2.75) is 20.4 Å². The van der Waals surface area contributed by atoms with E-state index < -0.39 is 10.0 Å². The van der Waals surface area contributed by atoms with Gasteiger partial charge in [-0.1, -0.05) is 19.1 Å². The van der Waals surface area contributed by atoms with Gasteiger partial charge in [-0.2, -0.15) is 0 Å². The predicted octanol–water partition coefficient (Wildman–Crippen LogP) is 1.57. The molecule has 0 fully saturated rings. The summed E-state index contributed by atoms with van der Waals surface area (Å²) in [5.41, 5.74) is 3.10. The molecule has 0 atom stereocenters. The average molecular weight is 307 g/mol. The van der Waals surface area contributed by atoms with Crippen LogP contribution in [0.1, 0.15) is 18.2 Å². The molecule has 5 nitrogen and oxygen atoms in total. The number of hydrogen-bond donors (Lipinski definition) is 2. The molecule has 1 heterocycles. The molecule has 2 N–H and O–H groups in total. The van der Waals surface area contributed by atoms with Gasteiger partial charge in [0.1, 0.15) is 0 Å². The molecule has 21 heavy (non-hydrogen) atoms. The van der Waals surface area contributed by atoms with Gasteiger partial charge in [0.25, 0.3) is 0 Å². The van der Waals surface area contributed by atoms with Gasteiger partial charge < -0.3 is 5.32 Å². The van der Waals surface area contributed by atoms with Crippen LogP contribution in [0.5, 0.6) is 0 Å². The molecular weight excluding hydrogens is 286 g/mol. The Labute approximate surface area is 125 Å². The van der Waals surface area contributed by atoms with E-state index in [-0.39, 0.29) is 5.75 Å². The first-order valence-corrected chi connectivity index (χ1v) is 8.70. The Morgan fingerprint density at radius 2 is 2.00 bits per heavy atom. The van der Waals surface area contributed by atoms with E-state index >= 15 is 0 Å². The number of pyridine rings is 1. The largest absolute Gasteiger partial charge is 0.312 e. The predicted molar refractivity (Wildman–Crippen MR) is 85.7 cm³/mol. The van der Waals surface area contributed by atoms with Crippen LogP contribution in [0.3, 0.4) is 0 Å². The molecule has 1 aromatic carbocycles. The van der Waals surface area contributed by atoms with Gasteiger partial charge in [-0.15, -0.1) is 0 Å². The number of nitrogens with zero attached hydrogens (tertiary/aromatic N) is 1. The maximum Gasteiger partial charge on any atom is 0.212 e. The van der Waals surface area contributed by atoms with Crippen molar-refractivity contribution in [3.8, 4) is 0 Å². The van der Waals surface area contributed by atoms with Crippen molar-refractivity contribution in [1.29, 1.82) is 0 Å². The second kappa shape index (κ2) is 6.98. The Kier molecular flexibility index (Phi) is 5.27. The highest BCUT2D eigenvalue weighted by atomic mass is 32.2. The third kappa shape index (κ3) is 4.77. The van der Waals surface area contributed by atoms with E-state index in [0.29, 0.717) is 19.6 Å². The van der Waals surface area contributed by atoms with Crippen molar-refractivity contribution in [1.82, 2.24) is 15.0 Å². The van der Waals surface area contributed by atoms with E-state index in [1.165, 1.54) is 0 Å². The lowest BCUT2D eigenvalue weighted by Crippen LogP contribution is -2.31. The molecular formula is C15H21N3O2S. The lowest BCUT2D eigenvalue weighted by Gasteiger charge is -2.07. The number of rotatable bonds is 7. The monoisotopic (exact) mass is 307 g/mol. The van der Waals surface area contributed by atoms with Crippen LogP contribution < -0.4 is 10.0 Å². The van der Waals surface area contributed by atoms with Crippen molar-refractivity contribution < 1.29 is 8.42 Å². The average Bonchev–Trinajstić information content (AvgIpc) is 2.43. The van der Waals surface area contributed by atoms with Crippen LogP contribution >= 0.6 is 0 Å². The zero-order valence-electron chi connectivity index (χ0n) is 12.4. The summed E-state index contributed by atoms with van der Waals surface area (Å²) >= 11 is 0. The maximum absolute atomic E-state index is 11.5. The standard InChI is InChI=1S/C15H21N3O2S/c1-3-17-21(19,20)9-8-16-11-13-5-7-15-14(10-13)6-4-12(2)18-15/h4-7,10,16-17H,3,8-9,11H2,1-2H3. The summed E-state index contributed by atoms with van der Waals surface area (Å²) in [5.74, 6) is 0.0924. The molecule has 0 spiro atoms. The number of nitrogens with one attached hydrogen (secondary N) is 2. The normalized spacial score (nSPS) is 11.9. The van der Waals surface area contributed by atoms with Crippen molar-refractivity contribution in [3.63, 3.8) is 0 Å². The summed E-state index contributed by atoms with van der Waals surface area (Å²) in [6.07, 6.45) is 0. The second-order valence-electron chi connectivity index (χ2n) is 4.97. The fourth-order valence-corrected chi connectivity index (χ4v) is 3.12. The summed E-state index contributed by atoms with van der Waals surface area (Å²) in [6, 6.07) is 10.1. The topological polar surface area (TPSA) is 71.1 Å². The summed E-state index contributed by atoms with van der Waals surface area (Å²) in [7, 11) is -3.15. The minimum Gasteiger partial charge on any atom is -0.312 e. The van der Waals surface area contributed by atoms with Crippen LogP contribution in [0.4, 0.5) is 0 Å². The number of aryl methyl sites for hydroxylation is 1. The number of hydrogen-bond acceptors (Lipinski definition) is 4. The molecule has 0 unspecified atom stereocenters. The molecule has 1 aromatic heterocycles. The molecule has 6 heteroatoms. The van der Waals surface area contributed by atoms with Crippen molar-refractivity contribution in [3.05, 3.63) is 41.6 Å². The second-order valence-corrected chi connectivity index (χ2v) is 6.90. The molecule has 0 saturated carbocycles. The van der Waals surface area contributed by atoms with Crippen LogP contribution in [0, 0.1) is 6.92 Å². The minimum absolute atomic E-state index is 0.0924. The molecule has 0 aliphatic carbocycles. The highest BCUT2D eigenvalue weighted by Gasteiger charge is 2.07. The van der Waals surface area contributed by atoms with E-state index in [9.17, 15) is 8.42 Å². The van der Waals surface area contributed by atoms with Gasteiger partial charge in [0.05, 0.1) is 11.3 Å². The molecule has 0 saturated heterocycles. The zero-order valence-corrected chi connectivity index (χ0v) is 13.2. The fourth-order valence-electron chi connectivity index (χ4n) is 2.12. The van der Waals surface area contributed by atoms with Crippen molar-refractivity contribution in [2.24, 2.45) is 0 Å². The van der Waals surface area contributed by atoms with Crippen LogP contribution in [0.2, 0.25) is 0 Å². The Balaban J connectivity index is 1.91. The van der Waals surface area contributed by atoms with Gasteiger partial charge in [0, 0.05) is 30.7 Å². The Bertz CT molecular complexity index is 714. The fraction of sp³-hybridized carbons (Fsp3) is 0.400. The van der Waals surface area contributed by atoms with E-state index in [2.05, 4.69) is 27.2 Å². The third-order valence-corrected chi connectivity index (χ3v) is 4.60. The van der Waals surface area contributed by atoms with E-state index in [1.54, 1.807) is 6.92 Å². The number of fused-ring (bicyclic) bond motifs is 1. The van der Waals surface area contributed by atoms with E-state index in [4.69, 9.17) is 0 Å². The molecule has 0 aliphatic rings. The molecule has 0 amide bonds. The first kappa shape index (κ1) is 15.9. The molecule has 0 bridgehead atoms. The minimum atomic E-state index is -3.15.